The maximum atomic E-state index is 17.6. The summed E-state index contributed by atoms with van der Waals surface area (Å²) in [6, 6.07) is 9.72. The van der Waals surface area contributed by atoms with Crippen LogP contribution in [0.25, 0.3) is 0 Å². The molecule has 0 amide bonds. The van der Waals surface area contributed by atoms with Crippen LogP contribution in [-0.2, 0) is 39.1 Å². The van der Waals surface area contributed by atoms with Crippen molar-refractivity contribution in [1.82, 2.24) is 4.57 Å². The molecule has 4 aliphatic carbocycles. The first-order valence-corrected chi connectivity index (χ1v) is 15.5. The van der Waals surface area contributed by atoms with E-state index in [0.29, 0.717) is 31.3 Å². The molecule has 2 heterocycles. The van der Waals surface area contributed by atoms with Crippen LogP contribution in [0.3, 0.4) is 0 Å². The Morgan fingerprint density at radius 2 is 1.86 bits per heavy atom. The Hall–Kier alpha value is -2.95. The topological polar surface area (TPSA) is 118 Å². The number of carbonyl (C=O) groups excluding carboxylic acids is 2. The van der Waals surface area contributed by atoms with Crippen LogP contribution < -0.4 is 0 Å². The number of aryl methyl sites for hydroxylation is 1. The summed E-state index contributed by atoms with van der Waals surface area (Å²) in [6.45, 7) is 2.89. The first kappa shape index (κ1) is 29.7. The van der Waals surface area contributed by atoms with Gasteiger partial charge in [-0.3, -0.25) is 9.59 Å². The van der Waals surface area contributed by atoms with Crippen molar-refractivity contribution in [3.8, 4) is 0 Å². The number of alkyl halides is 1. The average Bonchev–Trinajstić information content (AvgIpc) is 3.64. The summed E-state index contributed by atoms with van der Waals surface area (Å²) in [5.41, 5.74) is -1.37. The van der Waals surface area contributed by atoms with Gasteiger partial charge in [-0.1, -0.05) is 42.8 Å². The van der Waals surface area contributed by atoms with E-state index in [1.54, 1.807) is 13.0 Å². The highest BCUT2D eigenvalue weighted by atomic mass is 19.1. The quantitative estimate of drug-likeness (QED) is 0.459. The van der Waals surface area contributed by atoms with Crippen LogP contribution in [0.5, 0.6) is 0 Å². The van der Waals surface area contributed by atoms with E-state index in [0.717, 1.165) is 22.4 Å². The van der Waals surface area contributed by atoms with Gasteiger partial charge in [0.2, 0.25) is 0 Å². The highest BCUT2D eigenvalue weighted by molar-refractivity contribution is 6.01. The molecule has 8 nitrogen and oxygen atoms in total. The number of ether oxygens (including phenoxy) is 2. The van der Waals surface area contributed by atoms with E-state index in [1.165, 1.54) is 12.2 Å². The van der Waals surface area contributed by atoms with Gasteiger partial charge in [-0.2, -0.15) is 0 Å². The number of rotatable bonds is 6. The third kappa shape index (κ3) is 3.80. The van der Waals surface area contributed by atoms with Crippen molar-refractivity contribution in [1.29, 1.82) is 0 Å². The van der Waals surface area contributed by atoms with Gasteiger partial charge in [-0.05, 0) is 67.9 Å². The fraction of sp³-hybridized carbons (Fsp3) is 0.543. The van der Waals surface area contributed by atoms with E-state index in [9.17, 15) is 24.9 Å². The third-order valence-electron chi connectivity index (χ3n) is 11.9. The average molecular weight is 606 g/mol. The van der Waals surface area contributed by atoms with Crippen LogP contribution in [-0.4, -0.2) is 61.5 Å². The lowest BCUT2D eigenvalue weighted by molar-refractivity contribution is -0.231. The number of fused-ring (bicyclic) bond motifs is 7. The zero-order chi connectivity index (χ0) is 31.2. The Balaban J connectivity index is 1.21. The van der Waals surface area contributed by atoms with E-state index in [2.05, 4.69) is 0 Å². The fourth-order valence-electron chi connectivity index (χ4n) is 9.64. The number of Topliss-reactive ketones (excluding diaryl/α,β-unsaturated/α-hetero) is 1. The molecule has 0 unspecified atom stereocenters. The van der Waals surface area contributed by atoms with Gasteiger partial charge in [0.15, 0.2) is 29.1 Å². The minimum atomic E-state index is -2.04. The lowest BCUT2D eigenvalue weighted by atomic mass is 9.44. The first-order chi connectivity index (χ1) is 20.9. The molecule has 44 heavy (non-hydrogen) atoms. The number of ketones is 2. The number of carbonyl (C=O) groups is 2. The molecule has 0 radical (unpaired) electrons. The standard InChI is InChI=1S/C35H40FNO7/c1-32-11-10-25(40)14-23(32)8-9-26-27-15-30-35(29(42)19-39,33(27,2)16-28(41)34(26,32)36)44-31(43-30)22-13-24(37(3)17-22)12-20-4-6-21(18-38)7-5-20/h4-7,10-11,13-14,17,26-28,30-31,38-39,41H,8-9,12,15-16,18-19H2,1-3H3/t26-,27-,28-,30+,31+,32-,33-,34-,35+/m0/s1. The molecule has 0 bridgehead atoms. The summed E-state index contributed by atoms with van der Waals surface area (Å²) in [6.07, 6.45) is 5.31. The van der Waals surface area contributed by atoms with Crippen LogP contribution in [0.1, 0.15) is 68.2 Å². The zero-order valence-electron chi connectivity index (χ0n) is 25.3. The number of aliphatic hydroxyl groups is 3. The van der Waals surface area contributed by atoms with Crippen LogP contribution in [0, 0.1) is 22.7 Å². The highest BCUT2D eigenvalue weighted by Crippen LogP contribution is 2.72. The fourth-order valence-corrected chi connectivity index (χ4v) is 9.64. The molecule has 9 atom stereocenters. The predicted molar refractivity (Wildman–Crippen MR) is 158 cm³/mol. The third-order valence-corrected chi connectivity index (χ3v) is 11.9. The molecule has 3 N–H and O–H groups in total. The molecule has 1 saturated heterocycles. The number of aliphatic hydroxyl groups excluding tert-OH is 3. The number of hydrogen-bond donors (Lipinski definition) is 3. The van der Waals surface area contributed by atoms with Crippen molar-refractivity contribution in [3.05, 3.63) is 82.7 Å². The van der Waals surface area contributed by atoms with Gasteiger partial charge in [0.05, 0.1) is 18.8 Å². The van der Waals surface area contributed by atoms with Gasteiger partial charge >= 0.3 is 0 Å². The molecule has 3 saturated carbocycles. The second kappa shape index (κ2) is 10.0. The Morgan fingerprint density at radius 3 is 2.57 bits per heavy atom. The largest absolute Gasteiger partial charge is 0.392 e. The van der Waals surface area contributed by atoms with E-state index in [-0.39, 0.29) is 24.7 Å². The monoisotopic (exact) mass is 605 g/mol. The number of hydrogen-bond acceptors (Lipinski definition) is 7. The van der Waals surface area contributed by atoms with E-state index in [4.69, 9.17) is 9.47 Å². The molecular formula is C35H40FNO7. The Morgan fingerprint density at radius 1 is 1.14 bits per heavy atom. The van der Waals surface area contributed by atoms with E-state index >= 15 is 4.39 Å². The van der Waals surface area contributed by atoms with Crippen LogP contribution in [0.15, 0.2) is 60.3 Å². The molecule has 4 fully saturated rings. The lowest BCUT2D eigenvalue weighted by Crippen LogP contribution is -2.69. The van der Waals surface area contributed by atoms with Gasteiger partial charge in [-0.25, -0.2) is 4.39 Å². The van der Waals surface area contributed by atoms with Gasteiger partial charge in [0, 0.05) is 47.7 Å². The zero-order valence-corrected chi connectivity index (χ0v) is 25.3. The summed E-state index contributed by atoms with van der Waals surface area (Å²) < 4.78 is 32.8. The second-order valence-corrected chi connectivity index (χ2v) is 13.9. The molecule has 1 aromatic carbocycles. The number of halogens is 1. The normalized spacial score (nSPS) is 40.7. The van der Waals surface area contributed by atoms with Crippen LogP contribution in [0.4, 0.5) is 4.39 Å². The molecule has 7 rings (SSSR count). The minimum absolute atomic E-state index is 0.0141. The van der Waals surface area contributed by atoms with Crippen LogP contribution >= 0.6 is 0 Å². The summed E-state index contributed by atoms with van der Waals surface area (Å²) in [4.78, 5) is 25.9. The van der Waals surface area contributed by atoms with Crippen LogP contribution in [0.2, 0.25) is 0 Å². The Labute approximate surface area is 256 Å². The molecular weight excluding hydrogens is 565 g/mol. The number of nitrogens with zero attached hydrogens (tertiary/aromatic N) is 1. The van der Waals surface area contributed by atoms with Gasteiger partial charge in [-0.15, -0.1) is 0 Å². The Kier molecular flexibility index (Phi) is 6.78. The number of benzene rings is 1. The maximum absolute atomic E-state index is 17.6. The molecule has 5 aliphatic rings. The number of aromatic nitrogens is 1. The predicted octanol–water partition coefficient (Wildman–Crippen LogP) is 3.80. The molecule has 0 spiro atoms. The lowest BCUT2D eigenvalue weighted by Gasteiger charge is -2.62. The smallest absolute Gasteiger partial charge is 0.193 e. The van der Waals surface area contributed by atoms with Crippen molar-refractivity contribution in [2.45, 2.75) is 82.3 Å². The summed E-state index contributed by atoms with van der Waals surface area (Å²) in [5, 5.41) is 31.3. The van der Waals surface area contributed by atoms with Gasteiger partial charge < -0.3 is 29.4 Å². The maximum Gasteiger partial charge on any atom is 0.193 e. The van der Waals surface area contributed by atoms with Gasteiger partial charge in [0.1, 0.15) is 6.61 Å². The SMILES string of the molecule is Cn1cc([C@@H]2O[C@@H]3C[C@H]4[C@@H]5CCC6=CC(=O)C=C[C@]6(C)[C@@]5(F)[C@@H](O)C[C@]4(C)[C@]3(C(=O)CO)O2)cc1Cc1ccc(CO)cc1. The van der Waals surface area contributed by atoms with Crippen molar-refractivity contribution in [3.63, 3.8) is 0 Å². The Bertz CT molecular complexity index is 1580. The summed E-state index contributed by atoms with van der Waals surface area (Å²) in [7, 11) is 1.93. The number of allylic oxidation sites excluding steroid dienone is 4. The van der Waals surface area contributed by atoms with E-state index < -0.39 is 58.9 Å². The summed E-state index contributed by atoms with van der Waals surface area (Å²) >= 11 is 0. The van der Waals surface area contributed by atoms with Crippen molar-refractivity contribution < 1.29 is 38.8 Å². The van der Waals surface area contributed by atoms with E-state index in [1.807, 2.05) is 55.1 Å². The first-order valence-electron chi connectivity index (χ1n) is 15.5. The minimum Gasteiger partial charge on any atom is -0.392 e. The molecule has 234 valence electrons. The summed E-state index contributed by atoms with van der Waals surface area (Å²) in [5.74, 6) is -1.64. The van der Waals surface area contributed by atoms with Crippen molar-refractivity contribution >= 4 is 11.6 Å². The molecule has 9 heteroatoms. The molecule has 1 aliphatic heterocycles. The second-order valence-electron chi connectivity index (χ2n) is 13.9. The van der Waals surface area contributed by atoms with Crippen molar-refractivity contribution in [2.24, 2.45) is 29.7 Å². The molecule has 2 aromatic rings. The van der Waals surface area contributed by atoms with Gasteiger partial charge in [0.25, 0.3) is 0 Å². The van der Waals surface area contributed by atoms with Crippen molar-refractivity contribution in [2.75, 3.05) is 6.61 Å². The molecule has 1 aromatic heterocycles. The highest BCUT2D eigenvalue weighted by Gasteiger charge is 2.79.